The Morgan fingerprint density at radius 2 is 1.76 bits per heavy atom. The zero-order chi connectivity index (χ0) is 26.5. The molecule has 0 heterocycles. The van der Waals surface area contributed by atoms with Gasteiger partial charge >= 0.3 is 0 Å². The highest BCUT2D eigenvalue weighted by Crippen LogP contribution is 2.39. The summed E-state index contributed by atoms with van der Waals surface area (Å²) in [7, 11) is 0. The van der Waals surface area contributed by atoms with E-state index in [0.29, 0.717) is 23.7 Å². The van der Waals surface area contributed by atoms with Crippen LogP contribution in [0.25, 0.3) is 0 Å². The molecular formula is C32H42Cl2FNO. The van der Waals surface area contributed by atoms with Gasteiger partial charge in [-0.2, -0.15) is 0 Å². The quantitative estimate of drug-likeness (QED) is 0.351. The molecule has 2 fully saturated rings. The Bertz CT molecular complexity index is 1060. The predicted octanol–water partition coefficient (Wildman–Crippen LogP) is 10.0. The van der Waals surface area contributed by atoms with Gasteiger partial charge in [-0.25, -0.2) is 4.39 Å². The largest absolute Gasteiger partial charge is 0.326 e. The number of nitrogens with one attached hydrogen (secondary N) is 1. The van der Waals surface area contributed by atoms with Crippen LogP contribution in [0.5, 0.6) is 0 Å². The lowest BCUT2D eigenvalue weighted by atomic mass is 9.74. The summed E-state index contributed by atoms with van der Waals surface area (Å²) in [6.07, 6.45) is 11.8. The smallest absolute Gasteiger partial charge is 0.227 e. The molecule has 0 aliphatic heterocycles. The number of carbonyl (C=O) groups excluding carboxylic acids is 1. The van der Waals surface area contributed by atoms with Crippen molar-refractivity contribution < 1.29 is 9.18 Å². The van der Waals surface area contributed by atoms with E-state index in [1.807, 2.05) is 6.07 Å². The molecule has 5 heteroatoms. The second-order valence-corrected chi connectivity index (χ2v) is 12.5. The summed E-state index contributed by atoms with van der Waals surface area (Å²) in [5.74, 6) is 1.73. The summed E-state index contributed by atoms with van der Waals surface area (Å²) in [4.78, 5) is 13.2. The standard InChI is InChI=1S/C32H42Cl2FNO/c1-4-22-17-29(33)27(30(34)18-22)13-11-23-7-5-10-25(16-20(2)15-23)21(3)32(37)36-26-12-14-31(35)28(19-26)24-8-6-9-24/h12,14,17-21,23-25H,4-11,13,15-16H2,1-3H3,(H,36,37). The Balaban J connectivity index is 1.30. The zero-order valence-corrected chi connectivity index (χ0v) is 24.1. The van der Waals surface area contributed by atoms with Crippen molar-refractivity contribution >= 4 is 34.8 Å². The summed E-state index contributed by atoms with van der Waals surface area (Å²) in [6, 6.07) is 9.16. The van der Waals surface area contributed by atoms with Crippen molar-refractivity contribution in [3.05, 3.63) is 62.9 Å². The van der Waals surface area contributed by atoms with Crippen LogP contribution in [0.4, 0.5) is 10.1 Å². The molecule has 4 atom stereocenters. The fourth-order valence-electron chi connectivity index (χ4n) is 6.37. The molecule has 1 amide bonds. The van der Waals surface area contributed by atoms with E-state index < -0.39 is 0 Å². The molecule has 4 rings (SSSR count). The lowest BCUT2D eigenvalue weighted by Crippen LogP contribution is -2.30. The summed E-state index contributed by atoms with van der Waals surface area (Å²) < 4.78 is 14.3. The van der Waals surface area contributed by atoms with Gasteiger partial charge in [0.1, 0.15) is 5.82 Å². The van der Waals surface area contributed by atoms with Crippen molar-refractivity contribution in [1.29, 1.82) is 0 Å². The first-order valence-electron chi connectivity index (χ1n) is 14.3. The van der Waals surface area contributed by atoms with Gasteiger partial charge < -0.3 is 5.32 Å². The molecule has 37 heavy (non-hydrogen) atoms. The van der Waals surface area contributed by atoms with Crippen LogP contribution in [0.1, 0.15) is 101 Å². The number of carbonyl (C=O) groups is 1. The van der Waals surface area contributed by atoms with Gasteiger partial charge in [-0.1, -0.05) is 63.2 Å². The second-order valence-electron chi connectivity index (χ2n) is 11.7. The van der Waals surface area contributed by atoms with Crippen molar-refractivity contribution in [1.82, 2.24) is 0 Å². The number of hydrogen-bond acceptors (Lipinski definition) is 1. The number of amides is 1. The van der Waals surface area contributed by atoms with Crippen LogP contribution < -0.4 is 5.32 Å². The first kappa shape index (κ1) is 28.4. The second kappa shape index (κ2) is 13.0. The minimum atomic E-state index is -0.151. The average Bonchev–Trinajstić information content (AvgIpc) is 2.81. The van der Waals surface area contributed by atoms with Gasteiger partial charge in [0, 0.05) is 21.7 Å². The SMILES string of the molecule is CCc1cc(Cl)c(CCC2CCCC(C(C)C(=O)Nc3ccc(F)c(C4CCC4)c3)CC(C)C2)c(Cl)c1. The average molecular weight is 547 g/mol. The normalized spacial score (nSPS) is 23.6. The number of rotatable bonds is 8. The van der Waals surface area contributed by atoms with E-state index in [2.05, 4.69) is 38.2 Å². The fourth-order valence-corrected chi connectivity index (χ4v) is 7.09. The fraction of sp³-hybridized carbons (Fsp3) is 0.594. The van der Waals surface area contributed by atoms with Crippen molar-refractivity contribution in [3.63, 3.8) is 0 Å². The van der Waals surface area contributed by atoms with Crippen molar-refractivity contribution in [2.75, 3.05) is 5.32 Å². The van der Waals surface area contributed by atoms with E-state index in [1.165, 1.54) is 24.5 Å². The Morgan fingerprint density at radius 1 is 1.05 bits per heavy atom. The van der Waals surface area contributed by atoms with Crippen molar-refractivity contribution in [3.8, 4) is 0 Å². The lowest BCUT2D eigenvalue weighted by molar-refractivity contribution is -0.121. The monoisotopic (exact) mass is 545 g/mol. The van der Waals surface area contributed by atoms with Crippen LogP contribution in [-0.2, 0) is 17.6 Å². The molecule has 0 aromatic heterocycles. The van der Waals surface area contributed by atoms with Crippen LogP contribution in [-0.4, -0.2) is 5.91 Å². The van der Waals surface area contributed by atoms with Gasteiger partial charge in [0.15, 0.2) is 0 Å². The molecule has 2 aromatic carbocycles. The third-order valence-electron chi connectivity index (χ3n) is 8.97. The van der Waals surface area contributed by atoms with Gasteiger partial charge in [-0.05, 0) is 122 Å². The molecule has 0 radical (unpaired) electrons. The maximum atomic E-state index is 14.3. The summed E-state index contributed by atoms with van der Waals surface area (Å²) in [5.41, 5.74) is 3.75. The first-order valence-corrected chi connectivity index (χ1v) is 15.1. The maximum Gasteiger partial charge on any atom is 0.227 e. The maximum absolute atomic E-state index is 14.3. The highest BCUT2D eigenvalue weighted by molar-refractivity contribution is 6.36. The van der Waals surface area contributed by atoms with Crippen molar-refractivity contribution in [2.45, 2.75) is 97.3 Å². The third-order valence-corrected chi connectivity index (χ3v) is 9.64. The number of anilines is 1. The molecule has 2 nitrogen and oxygen atoms in total. The van der Waals surface area contributed by atoms with E-state index >= 15 is 0 Å². The summed E-state index contributed by atoms with van der Waals surface area (Å²) in [5, 5.41) is 4.69. The van der Waals surface area contributed by atoms with Gasteiger partial charge in [0.25, 0.3) is 0 Å². The molecule has 2 aliphatic carbocycles. The Kier molecular flexibility index (Phi) is 9.97. The van der Waals surface area contributed by atoms with Crippen LogP contribution in [0, 0.1) is 29.5 Å². The highest BCUT2D eigenvalue weighted by Gasteiger charge is 2.29. The van der Waals surface area contributed by atoms with Gasteiger partial charge in [0.2, 0.25) is 5.91 Å². The van der Waals surface area contributed by atoms with E-state index in [9.17, 15) is 9.18 Å². The summed E-state index contributed by atoms with van der Waals surface area (Å²) in [6.45, 7) is 6.51. The predicted molar refractivity (Wildman–Crippen MR) is 154 cm³/mol. The molecule has 0 saturated heterocycles. The minimum absolute atomic E-state index is 0.0558. The molecule has 2 aromatic rings. The zero-order valence-electron chi connectivity index (χ0n) is 22.6. The van der Waals surface area contributed by atoms with Gasteiger partial charge in [-0.15, -0.1) is 0 Å². The van der Waals surface area contributed by atoms with Crippen LogP contribution in [0.15, 0.2) is 30.3 Å². The van der Waals surface area contributed by atoms with Crippen LogP contribution >= 0.6 is 23.2 Å². The van der Waals surface area contributed by atoms with Gasteiger partial charge in [-0.3, -0.25) is 4.79 Å². The number of halogens is 3. The van der Waals surface area contributed by atoms with Crippen LogP contribution in [0.3, 0.4) is 0 Å². The van der Waals surface area contributed by atoms with E-state index in [0.717, 1.165) is 84.6 Å². The van der Waals surface area contributed by atoms with Crippen molar-refractivity contribution in [2.24, 2.45) is 23.7 Å². The molecule has 2 saturated carbocycles. The third kappa shape index (κ3) is 7.30. The topological polar surface area (TPSA) is 29.1 Å². The summed E-state index contributed by atoms with van der Waals surface area (Å²) >= 11 is 13.1. The number of hydrogen-bond donors (Lipinski definition) is 1. The molecular weight excluding hydrogens is 504 g/mol. The number of aryl methyl sites for hydroxylation is 1. The molecule has 202 valence electrons. The Morgan fingerprint density at radius 3 is 2.41 bits per heavy atom. The number of benzene rings is 2. The molecule has 0 spiro atoms. The lowest BCUT2D eigenvalue weighted by Gasteiger charge is -2.32. The molecule has 1 N–H and O–H groups in total. The highest BCUT2D eigenvalue weighted by atomic mass is 35.5. The first-order chi connectivity index (χ1) is 17.7. The molecule has 0 bridgehead atoms. The van der Waals surface area contributed by atoms with Crippen LogP contribution in [0.2, 0.25) is 10.0 Å². The Hall–Kier alpha value is -1.58. The minimum Gasteiger partial charge on any atom is -0.326 e. The molecule has 4 unspecified atom stereocenters. The van der Waals surface area contributed by atoms with Gasteiger partial charge in [0.05, 0.1) is 0 Å². The van der Waals surface area contributed by atoms with E-state index in [4.69, 9.17) is 23.2 Å². The Labute approximate surface area is 232 Å². The van der Waals surface area contributed by atoms with E-state index in [-0.39, 0.29) is 17.6 Å². The van der Waals surface area contributed by atoms with E-state index in [1.54, 1.807) is 6.07 Å². The molecule has 2 aliphatic rings.